The van der Waals surface area contributed by atoms with E-state index in [0.29, 0.717) is 36.0 Å². The van der Waals surface area contributed by atoms with Gasteiger partial charge in [-0.1, -0.05) is 0 Å². The quantitative estimate of drug-likeness (QED) is 0.404. The average molecular weight is 473 g/mol. The van der Waals surface area contributed by atoms with Gasteiger partial charge < -0.3 is 25.3 Å². The number of aliphatic imine (C=N–C) groups is 1. The molecule has 1 aliphatic heterocycles. The van der Waals surface area contributed by atoms with Crippen LogP contribution in [0.3, 0.4) is 0 Å². The molecule has 1 heterocycles. The summed E-state index contributed by atoms with van der Waals surface area (Å²) in [7, 11) is 1.49. The molecule has 2 aromatic carbocycles. The Morgan fingerprint density at radius 3 is 2.73 bits per heavy atom. The number of methoxy groups -OCH3 is 1. The van der Waals surface area contributed by atoms with Crippen LogP contribution in [0.25, 0.3) is 0 Å². The molecular weight excluding hydrogens is 452 g/mol. The van der Waals surface area contributed by atoms with Crippen molar-refractivity contribution in [2.75, 3.05) is 25.6 Å². The second kappa shape index (κ2) is 9.46. The highest BCUT2D eigenvalue weighted by atomic mass is 127. The Balaban J connectivity index is 0.00000243. The first-order chi connectivity index (χ1) is 12.1. The molecule has 0 aromatic heterocycles. The number of nitrogens with two attached hydrogens (primary N) is 1. The maximum Gasteiger partial charge on any atom is 0.193 e. The number of nitrogens with one attached hydrogen (secondary N) is 1. The summed E-state index contributed by atoms with van der Waals surface area (Å²) >= 11 is 0. The molecule has 2 aromatic rings. The summed E-state index contributed by atoms with van der Waals surface area (Å²) in [6.45, 7) is 1.49. The number of fused-ring (bicyclic) bond motifs is 1. The van der Waals surface area contributed by atoms with Gasteiger partial charge in [0, 0.05) is 24.2 Å². The van der Waals surface area contributed by atoms with Crippen LogP contribution in [0.4, 0.5) is 10.1 Å². The van der Waals surface area contributed by atoms with E-state index < -0.39 is 0 Å². The van der Waals surface area contributed by atoms with Gasteiger partial charge in [0.15, 0.2) is 17.5 Å². The lowest BCUT2D eigenvalue weighted by Gasteiger charge is -2.11. The smallest absolute Gasteiger partial charge is 0.193 e. The first kappa shape index (κ1) is 20.1. The highest BCUT2D eigenvalue weighted by molar-refractivity contribution is 14.0. The fourth-order valence-corrected chi connectivity index (χ4v) is 2.43. The Bertz CT molecular complexity index is 786. The normalized spacial score (nSPS) is 13.4. The summed E-state index contributed by atoms with van der Waals surface area (Å²) in [5.41, 5.74) is 7.32. The van der Waals surface area contributed by atoms with Gasteiger partial charge in [0.05, 0.1) is 26.9 Å². The maximum absolute atomic E-state index is 13.5. The van der Waals surface area contributed by atoms with Crippen LogP contribution in [0.2, 0.25) is 0 Å². The van der Waals surface area contributed by atoms with Crippen LogP contribution in [0.1, 0.15) is 12.0 Å². The number of hydrogen-bond donors (Lipinski definition) is 2. The van der Waals surface area contributed by atoms with Gasteiger partial charge in [0.25, 0.3) is 0 Å². The van der Waals surface area contributed by atoms with Crippen molar-refractivity contribution < 1.29 is 18.6 Å². The van der Waals surface area contributed by atoms with Crippen molar-refractivity contribution in [2.45, 2.75) is 13.0 Å². The number of benzene rings is 2. The fourth-order valence-electron chi connectivity index (χ4n) is 2.43. The number of nitrogens with zero attached hydrogens (tertiary/aromatic N) is 1. The summed E-state index contributed by atoms with van der Waals surface area (Å²) < 4.78 is 29.7. The molecule has 0 unspecified atom stereocenters. The van der Waals surface area contributed by atoms with Gasteiger partial charge in [-0.15, -0.1) is 24.0 Å². The summed E-state index contributed by atoms with van der Waals surface area (Å²) in [6.07, 6.45) is 0.845. The SMILES string of the molecule is COc1cc(F)cc(CN=C(N)Nc2ccc3c(c2)OCCCO3)c1.I. The molecule has 0 radical (unpaired) electrons. The Morgan fingerprint density at radius 1 is 1.19 bits per heavy atom. The third-order valence-corrected chi connectivity index (χ3v) is 3.62. The van der Waals surface area contributed by atoms with Crippen molar-refractivity contribution >= 4 is 35.6 Å². The Morgan fingerprint density at radius 2 is 1.96 bits per heavy atom. The fraction of sp³-hybridized carbons (Fsp3) is 0.278. The number of anilines is 1. The molecule has 1 aliphatic rings. The van der Waals surface area contributed by atoms with E-state index >= 15 is 0 Å². The Kier molecular flexibility index (Phi) is 7.31. The van der Waals surface area contributed by atoms with Crippen LogP contribution in [0.5, 0.6) is 17.2 Å². The third kappa shape index (κ3) is 5.38. The van der Waals surface area contributed by atoms with E-state index in [1.165, 1.54) is 19.2 Å². The zero-order valence-corrected chi connectivity index (χ0v) is 16.7. The molecule has 3 rings (SSSR count). The maximum atomic E-state index is 13.5. The van der Waals surface area contributed by atoms with E-state index in [2.05, 4.69) is 10.3 Å². The predicted octanol–water partition coefficient (Wildman–Crippen LogP) is 3.54. The van der Waals surface area contributed by atoms with Crippen LogP contribution < -0.4 is 25.3 Å². The van der Waals surface area contributed by atoms with E-state index in [1.807, 2.05) is 18.2 Å². The van der Waals surface area contributed by atoms with Crippen molar-refractivity contribution in [1.82, 2.24) is 0 Å². The molecule has 0 amide bonds. The average Bonchev–Trinajstić information content (AvgIpc) is 2.84. The zero-order valence-electron chi connectivity index (χ0n) is 14.3. The lowest BCUT2D eigenvalue weighted by Crippen LogP contribution is -2.22. The van der Waals surface area contributed by atoms with Gasteiger partial charge in [0.2, 0.25) is 0 Å². The summed E-state index contributed by atoms with van der Waals surface area (Å²) in [6, 6.07) is 9.90. The van der Waals surface area contributed by atoms with Crippen molar-refractivity contribution in [3.05, 3.63) is 47.8 Å². The van der Waals surface area contributed by atoms with E-state index in [1.54, 1.807) is 6.07 Å². The second-order valence-electron chi connectivity index (χ2n) is 5.54. The molecule has 0 saturated carbocycles. The van der Waals surface area contributed by atoms with Crippen molar-refractivity contribution in [3.63, 3.8) is 0 Å². The Labute approximate surface area is 168 Å². The molecule has 3 N–H and O–H groups in total. The molecule has 26 heavy (non-hydrogen) atoms. The lowest BCUT2D eigenvalue weighted by atomic mass is 10.2. The predicted molar refractivity (Wildman–Crippen MR) is 109 cm³/mol. The van der Waals surface area contributed by atoms with Crippen molar-refractivity contribution in [2.24, 2.45) is 10.7 Å². The van der Waals surface area contributed by atoms with Crippen molar-refractivity contribution in [1.29, 1.82) is 0 Å². The largest absolute Gasteiger partial charge is 0.497 e. The van der Waals surface area contributed by atoms with E-state index in [-0.39, 0.29) is 42.3 Å². The van der Waals surface area contributed by atoms with Crippen LogP contribution in [-0.2, 0) is 6.54 Å². The molecule has 8 heteroatoms. The topological polar surface area (TPSA) is 78.1 Å². The lowest BCUT2D eigenvalue weighted by molar-refractivity contribution is 0.297. The molecule has 0 aliphatic carbocycles. The first-order valence-corrected chi connectivity index (χ1v) is 7.94. The highest BCUT2D eigenvalue weighted by Gasteiger charge is 2.11. The first-order valence-electron chi connectivity index (χ1n) is 7.94. The number of rotatable bonds is 4. The summed E-state index contributed by atoms with van der Waals surface area (Å²) in [4.78, 5) is 4.23. The van der Waals surface area contributed by atoms with Gasteiger partial charge >= 0.3 is 0 Å². The molecule has 0 atom stereocenters. The van der Waals surface area contributed by atoms with Gasteiger partial charge in [-0.3, -0.25) is 0 Å². The number of hydrogen-bond acceptors (Lipinski definition) is 4. The molecule has 6 nitrogen and oxygen atoms in total. The summed E-state index contributed by atoms with van der Waals surface area (Å²) in [5, 5.41) is 2.99. The highest BCUT2D eigenvalue weighted by Crippen LogP contribution is 2.32. The molecule has 0 fully saturated rings. The Hall–Kier alpha value is -2.23. The number of ether oxygens (including phenoxy) is 3. The van der Waals surface area contributed by atoms with Crippen LogP contribution in [0.15, 0.2) is 41.4 Å². The van der Waals surface area contributed by atoms with Gasteiger partial charge in [0.1, 0.15) is 11.6 Å². The summed E-state index contributed by atoms with van der Waals surface area (Å²) in [5.74, 6) is 1.67. The van der Waals surface area contributed by atoms with E-state index in [0.717, 1.165) is 12.1 Å². The van der Waals surface area contributed by atoms with E-state index in [9.17, 15) is 4.39 Å². The molecule has 0 saturated heterocycles. The van der Waals surface area contributed by atoms with Crippen molar-refractivity contribution in [3.8, 4) is 17.2 Å². The monoisotopic (exact) mass is 473 g/mol. The molecule has 0 spiro atoms. The molecule has 140 valence electrons. The molecule has 0 bridgehead atoms. The minimum atomic E-state index is -0.376. The minimum Gasteiger partial charge on any atom is -0.497 e. The minimum absolute atomic E-state index is 0. The number of guanidine groups is 1. The van der Waals surface area contributed by atoms with E-state index in [4.69, 9.17) is 19.9 Å². The van der Waals surface area contributed by atoms with Gasteiger partial charge in [-0.05, 0) is 29.8 Å². The van der Waals surface area contributed by atoms with Crippen LogP contribution in [-0.4, -0.2) is 26.3 Å². The number of halogens is 2. The third-order valence-electron chi connectivity index (χ3n) is 3.62. The van der Waals surface area contributed by atoms with Gasteiger partial charge in [-0.2, -0.15) is 0 Å². The van der Waals surface area contributed by atoms with Crippen LogP contribution in [0, 0.1) is 5.82 Å². The standard InChI is InChI=1S/C18H20FN3O3.HI/c1-23-15-8-12(7-13(19)9-15)11-21-18(20)22-14-3-4-16-17(10-14)25-6-2-5-24-16;/h3-4,7-10H,2,5-6,11H2,1H3,(H3,20,21,22);1H. The van der Waals surface area contributed by atoms with Crippen LogP contribution >= 0.6 is 24.0 Å². The zero-order chi connectivity index (χ0) is 17.6. The van der Waals surface area contributed by atoms with Gasteiger partial charge in [-0.25, -0.2) is 9.38 Å². The molecular formula is C18H21FIN3O3. The second-order valence-corrected chi connectivity index (χ2v) is 5.54.